The zero-order valence-electron chi connectivity index (χ0n) is 8.96. The van der Waals surface area contributed by atoms with E-state index >= 15 is 0 Å². The first-order valence-corrected chi connectivity index (χ1v) is 4.97. The van der Waals surface area contributed by atoms with Crippen molar-refractivity contribution in [2.24, 2.45) is 4.99 Å². The summed E-state index contributed by atoms with van der Waals surface area (Å²) in [4.78, 5) is 4.58. The number of benzene rings is 1. The summed E-state index contributed by atoms with van der Waals surface area (Å²) in [5, 5.41) is 0. The fourth-order valence-electron chi connectivity index (χ4n) is 1.70. The van der Waals surface area contributed by atoms with Gasteiger partial charge in [0, 0.05) is 5.56 Å². The first-order valence-electron chi connectivity index (χ1n) is 4.97. The van der Waals surface area contributed by atoms with Gasteiger partial charge >= 0.3 is 0 Å². The smallest absolute Gasteiger partial charge is 0.0682 e. The second kappa shape index (κ2) is 3.41. The van der Waals surface area contributed by atoms with E-state index in [1.807, 2.05) is 0 Å². The molecule has 2 rings (SSSR count). The molecule has 14 heavy (non-hydrogen) atoms. The van der Waals surface area contributed by atoms with E-state index < -0.39 is 0 Å². The summed E-state index contributed by atoms with van der Waals surface area (Å²) in [5.74, 6) is 0. The highest BCUT2D eigenvalue weighted by atomic mass is 14.8. The molecule has 0 saturated heterocycles. The van der Waals surface area contributed by atoms with Crippen molar-refractivity contribution in [1.29, 1.82) is 0 Å². The Labute approximate surface area is 85.2 Å². The highest BCUT2D eigenvalue weighted by Crippen LogP contribution is 2.23. The maximum atomic E-state index is 4.58. The second-order valence-electron chi connectivity index (χ2n) is 3.95. The lowest BCUT2D eigenvalue weighted by Gasteiger charge is -2.05. The fraction of sp³-hybridized carbons (Fsp3) is 0.308. The van der Waals surface area contributed by atoms with Crippen LogP contribution < -0.4 is 0 Å². The number of nitrogens with zero attached hydrogens (tertiary/aromatic N) is 1. The van der Waals surface area contributed by atoms with Gasteiger partial charge in [0.2, 0.25) is 0 Å². The maximum absolute atomic E-state index is 4.58. The van der Waals surface area contributed by atoms with Crippen LogP contribution in [0.25, 0.3) is 0 Å². The third-order valence-corrected chi connectivity index (χ3v) is 2.79. The average Bonchev–Trinajstić information content (AvgIpc) is 2.60. The molecule has 0 atom stereocenters. The summed E-state index contributed by atoms with van der Waals surface area (Å²) in [7, 11) is 0. The number of fused-ring (bicyclic) bond motifs is 1. The van der Waals surface area contributed by atoms with E-state index in [2.05, 4.69) is 50.0 Å². The van der Waals surface area contributed by atoms with Crippen LogP contribution in [0.1, 0.15) is 31.9 Å². The summed E-state index contributed by atoms with van der Waals surface area (Å²) < 4.78 is 0. The Morgan fingerprint density at radius 2 is 1.86 bits per heavy atom. The van der Waals surface area contributed by atoms with Crippen LogP contribution in [-0.2, 0) is 6.54 Å². The molecule has 1 aromatic carbocycles. The van der Waals surface area contributed by atoms with Crippen LogP contribution in [0.4, 0.5) is 0 Å². The minimum atomic E-state index is 0.843. The molecule has 0 amide bonds. The van der Waals surface area contributed by atoms with Crippen LogP contribution in [0.2, 0.25) is 0 Å². The minimum absolute atomic E-state index is 0.843. The Kier molecular flexibility index (Phi) is 2.24. The molecule has 1 aliphatic heterocycles. The first kappa shape index (κ1) is 9.20. The third-order valence-electron chi connectivity index (χ3n) is 2.79. The maximum Gasteiger partial charge on any atom is 0.0682 e. The molecule has 1 aromatic rings. The van der Waals surface area contributed by atoms with Gasteiger partial charge in [0.1, 0.15) is 0 Å². The van der Waals surface area contributed by atoms with Crippen molar-refractivity contribution in [3.8, 4) is 0 Å². The SMILES string of the molecule is CC(C)=C(C)C1=NCc2ccccc21. The normalized spacial score (nSPS) is 13.5. The number of allylic oxidation sites excluding steroid dienone is 2. The van der Waals surface area contributed by atoms with Crippen molar-refractivity contribution < 1.29 is 0 Å². The van der Waals surface area contributed by atoms with Crippen LogP contribution in [-0.4, -0.2) is 5.71 Å². The van der Waals surface area contributed by atoms with Crippen LogP contribution in [0.3, 0.4) is 0 Å². The Hall–Kier alpha value is -1.37. The molecule has 0 N–H and O–H groups in total. The highest BCUT2D eigenvalue weighted by molar-refractivity contribution is 6.14. The largest absolute Gasteiger partial charge is 0.280 e. The van der Waals surface area contributed by atoms with Crippen molar-refractivity contribution in [3.63, 3.8) is 0 Å². The first-order chi connectivity index (χ1) is 6.70. The summed E-state index contributed by atoms with van der Waals surface area (Å²) in [6.45, 7) is 7.27. The molecule has 1 aliphatic rings. The van der Waals surface area contributed by atoms with Gasteiger partial charge in [-0.1, -0.05) is 29.8 Å². The van der Waals surface area contributed by atoms with Crippen molar-refractivity contribution in [2.45, 2.75) is 27.3 Å². The topological polar surface area (TPSA) is 12.4 Å². The molecule has 0 aliphatic carbocycles. The van der Waals surface area contributed by atoms with Gasteiger partial charge < -0.3 is 0 Å². The number of rotatable bonds is 1. The standard InChI is InChI=1S/C13H15N/c1-9(2)10(3)13-12-7-5-4-6-11(12)8-14-13/h4-7H,8H2,1-3H3. The molecule has 0 fully saturated rings. The molecule has 1 nitrogen and oxygen atoms in total. The van der Waals surface area contributed by atoms with Crippen LogP contribution in [0.15, 0.2) is 40.4 Å². The predicted molar refractivity (Wildman–Crippen MR) is 60.7 cm³/mol. The molecule has 0 aromatic heterocycles. The lowest BCUT2D eigenvalue weighted by atomic mass is 9.99. The Morgan fingerprint density at radius 1 is 1.14 bits per heavy atom. The molecule has 0 radical (unpaired) electrons. The quantitative estimate of drug-likeness (QED) is 0.636. The van der Waals surface area contributed by atoms with Crippen LogP contribution >= 0.6 is 0 Å². The third kappa shape index (κ3) is 1.39. The molecular weight excluding hydrogens is 170 g/mol. The van der Waals surface area contributed by atoms with Gasteiger partial charge in [-0.05, 0) is 31.9 Å². The molecule has 72 valence electrons. The second-order valence-corrected chi connectivity index (χ2v) is 3.95. The fourth-order valence-corrected chi connectivity index (χ4v) is 1.70. The van der Waals surface area contributed by atoms with E-state index in [4.69, 9.17) is 0 Å². The van der Waals surface area contributed by atoms with Crippen molar-refractivity contribution >= 4 is 5.71 Å². The summed E-state index contributed by atoms with van der Waals surface area (Å²) in [6.07, 6.45) is 0. The highest BCUT2D eigenvalue weighted by Gasteiger charge is 2.16. The molecule has 1 heterocycles. The van der Waals surface area contributed by atoms with Crippen LogP contribution in [0, 0.1) is 0 Å². The van der Waals surface area contributed by atoms with Gasteiger partial charge in [-0.15, -0.1) is 0 Å². The number of aliphatic imine (C=N–C) groups is 1. The molecule has 0 spiro atoms. The van der Waals surface area contributed by atoms with Gasteiger partial charge in [-0.25, -0.2) is 0 Å². The predicted octanol–water partition coefficient (Wildman–Crippen LogP) is 3.35. The summed E-state index contributed by atoms with van der Waals surface area (Å²) in [6, 6.07) is 8.48. The number of hydrogen-bond donors (Lipinski definition) is 0. The molecule has 0 saturated carbocycles. The lowest BCUT2D eigenvalue weighted by Crippen LogP contribution is -2.01. The Bertz CT molecular complexity index is 421. The zero-order chi connectivity index (χ0) is 10.1. The number of hydrogen-bond acceptors (Lipinski definition) is 1. The van der Waals surface area contributed by atoms with Gasteiger partial charge in [0.25, 0.3) is 0 Å². The lowest BCUT2D eigenvalue weighted by molar-refractivity contribution is 1.11. The Morgan fingerprint density at radius 3 is 2.57 bits per heavy atom. The summed E-state index contributed by atoms with van der Waals surface area (Å²) in [5.41, 5.74) is 6.50. The van der Waals surface area contributed by atoms with Gasteiger partial charge in [0.15, 0.2) is 0 Å². The van der Waals surface area contributed by atoms with E-state index in [1.54, 1.807) is 0 Å². The minimum Gasteiger partial charge on any atom is -0.280 e. The van der Waals surface area contributed by atoms with Crippen molar-refractivity contribution in [2.75, 3.05) is 0 Å². The van der Waals surface area contributed by atoms with Crippen molar-refractivity contribution in [3.05, 3.63) is 46.5 Å². The van der Waals surface area contributed by atoms with Crippen molar-refractivity contribution in [1.82, 2.24) is 0 Å². The Balaban J connectivity index is 2.48. The molecule has 1 heteroatoms. The van der Waals surface area contributed by atoms with E-state index in [1.165, 1.54) is 28.0 Å². The monoisotopic (exact) mass is 185 g/mol. The van der Waals surface area contributed by atoms with Gasteiger partial charge in [-0.3, -0.25) is 4.99 Å². The van der Waals surface area contributed by atoms with E-state index in [9.17, 15) is 0 Å². The molecule has 0 bridgehead atoms. The molecular formula is C13H15N. The van der Waals surface area contributed by atoms with Gasteiger partial charge in [0.05, 0.1) is 12.3 Å². The van der Waals surface area contributed by atoms with E-state index in [0.717, 1.165) is 6.54 Å². The van der Waals surface area contributed by atoms with E-state index in [0.29, 0.717) is 0 Å². The average molecular weight is 185 g/mol. The van der Waals surface area contributed by atoms with Gasteiger partial charge in [-0.2, -0.15) is 0 Å². The summed E-state index contributed by atoms with van der Waals surface area (Å²) >= 11 is 0. The molecule has 0 unspecified atom stereocenters. The van der Waals surface area contributed by atoms with Crippen LogP contribution in [0.5, 0.6) is 0 Å². The zero-order valence-corrected chi connectivity index (χ0v) is 8.96. The van der Waals surface area contributed by atoms with E-state index in [-0.39, 0.29) is 0 Å².